The van der Waals surface area contributed by atoms with Crippen molar-refractivity contribution in [3.8, 4) is 0 Å². The van der Waals surface area contributed by atoms with E-state index in [-0.39, 0.29) is 11.6 Å². The smallest absolute Gasteiger partial charge is 0.168 e. The number of aliphatic hydroxyl groups excluding tert-OH is 1. The highest BCUT2D eigenvalue weighted by atomic mass is 19.2. The summed E-state index contributed by atoms with van der Waals surface area (Å²) in [5, 5.41) is 9.97. The van der Waals surface area contributed by atoms with Gasteiger partial charge in [0.05, 0.1) is 5.56 Å². The van der Waals surface area contributed by atoms with Gasteiger partial charge < -0.3 is 5.11 Å². The van der Waals surface area contributed by atoms with Crippen LogP contribution < -0.4 is 0 Å². The summed E-state index contributed by atoms with van der Waals surface area (Å²) in [5.41, 5.74) is -0.282. The van der Waals surface area contributed by atoms with Crippen molar-refractivity contribution in [3.63, 3.8) is 0 Å². The third kappa shape index (κ3) is 2.33. The van der Waals surface area contributed by atoms with E-state index in [1.165, 1.54) is 6.07 Å². The number of aryl methyl sites for hydroxylation is 1. The Morgan fingerprint density at radius 1 is 0.947 bits per heavy atom. The Labute approximate surface area is 107 Å². The second kappa shape index (κ2) is 5.01. The van der Waals surface area contributed by atoms with E-state index >= 15 is 0 Å². The highest BCUT2D eigenvalue weighted by Gasteiger charge is 2.26. The minimum Gasteiger partial charge on any atom is -0.383 e. The van der Waals surface area contributed by atoms with E-state index < -0.39 is 34.9 Å². The first-order valence-electron chi connectivity index (χ1n) is 5.50. The summed E-state index contributed by atoms with van der Waals surface area (Å²) in [6.07, 6.45) is -1.77. The molecule has 0 radical (unpaired) electrons. The van der Waals surface area contributed by atoms with E-state index in [0.717, 1.165) is 0 Å². The Hall–Kier alpha value is -1.88. The summed E-state index contributed by atoms with van der Waals surface area (Å²) in [6.45, 7) is 1.62. The molecular weight excluding hydrogens is 260 g/mol. The van der Waals surface area contributed by atoms with Crippen molar-refractivity contribution < 1.29 is 22.7 Å². The highest BCUT2D eigenvalue weighted by Crippen LogP contribution is 2.31. The van der Waals surface area contributed by atoms with Crippen LogP contribution in [-0.4, -0.2) is 5.11 Å². The van der Waals surface area contributed by atoms with Gasteiger partial charge in [0, 0.05) is 6.07 Å². The lowest BCUT2D eigenvalue weighted by Crippen LogP contribution is -2.10. The molecule has 0 bridgehead atoms. The van der Waals surface area contributed by atoms with Crippen LogP contribution in [0.25, 0.3) is 0 Å². The summed E-state index contributed by atoms with van der Waals surface area (Å²) >= 11 is 0. The van der Waals surface area contributed by atoms with Crippen LogP contribution in [-0.2, 0) is 0 Å². The van der Waals surface area contributed by atoms with Crippen LogP contribution in [0.15, 0.2) is 30.3 Å². The van der Waals surface area contributed by atoms with Gasteiger partial charge in [-0.15, -0.1) is 0 Å². The van der Waals surface area contributed by atoms with Gasteiger partial charge in [0.25, 0.3) is 0 Å². The molecule has 100 valence electrons. The van der Waals surface area contributed by atoms with E-state index in [1.807, 2.05) is 0 Å². The lowest BCUT2D eigenvalue weighted by molar-refractivity contribution is 0.204. The molecule has 2 aromatic rings. The lowest BCUT2D eigenvalue weighted by atomic mass is 9.96. The van der Waals surface area contributed by atoms with Crippen molar-refractivity contribution in [2.75, 3.05) is 0 Å². The third-order valence-electron chi connectivity index (χ3n) is 2.90. The molecule has 0 spiro atoms. The molecule has 0 aromatic heterocycles. The first kappa shape index (κ1) is 13.5. The molecule has 1 atom stereocenters. The molecule has 2 aromatic carbocycles. The van der Waals surface area contributed by atoms with Crippen molar-refractivity contribution in [2.45, 2.75) is 13.0 Å². The largest absolute Gasteiger partial charge is 0.383 e. The molecule has 0 amide bonds. The molecule has 0 aliphatic heterocycles. The Morgan fingerprint density at radius 2 is 1.47 bits per heavy atom. The molecule has 0 aliphatic carbocycles. The van der Waals surface area contributed by atoms with Gasteiger partial charge in [-0.1, -0.05) is 24.3 Å². The Balaban J connectivity index is 2.63. The number of rotatable bonds is 2. The van der Waals surface area contributed by atoms with Gasteiger partial charge in [-0.05, 0) is 18.1 Å². The topological polar surface area (TPSA) is 20.2 Å². The highest BCUT2D eigenvalue weighted by molar-refractivity contribution is 5.37. The van der Waals surface area contributed by atoms with Crippen LogP contribution in [0.5, 0.6) is 0 Å². The normalized spacial score (nSPS) is 12.5. The number of aliphatic hydroxyl groups is 1. The molecule has 19 heavy (non-hydrogen) atoms. The van der Waals surface area contributed by atoms with Gasteiger partial charge in [0.2, 0.25) is 0 Å². The molecule has 0 saturated heterocycles. The van der Waals surface area contributed by atoms with E-state index in [4.69, 9.17) is 0 Å². The van der Waals surface area contributed by atoms with Gasteiger partial charge >= 0.3 is 0 Å². The average molecular weight is 270 g/mol. The standard InChI is InChI=1S/C14H10F4O/c1-7-4-2-3-5-8(7)14(19)11-12(17)9(15)6-10(16)13(11)18/h2-6,14,19H,1H3. The maximum atomic E-state index is 13.6. The van der Waals surface area contributed by atoms with Crippen LogP contribution in [0.1, 0.15) is 22.8 Å². The fourth-order valence-electron chi connectivity index (χ4n) is 1.88. The number of benzene rings is 2. The lowest BCUT2D eigenvalue weighted by Gasteiger charge is -2.16. The van der Waals surface area contributed by atoms with Gasteiger partial charge in [-0.25, -0.2) is 17.6 Å². The van der Waals surface area contributed by atoms with E-state index in [1.54, 1.807) is 25.1 Å². The van der Waals surface area contributed by atoms with E-state index in [9.17, 15) is 22.7 Å². The SMILES string of the molecule is Cc1ccccc1C(O)c1c(F)c(F)cc(F)c1F. The molecule has 1 N–H and O–H groups in total. The predicted molar refractivity (Wildman–Crippen MR) is 61.5 cm³/mol. The van der Waals surface area contributed by atoms with Gasteiger partial charge in [-0.3, -0.25) is 0 Å². The van der Waals surface area contributed by atoms with Crippen molar-refractivity contribution >= 4 is 0 Å². The molecule has 5 heteroatoms. The zero-order chi connectivity index (χ0) is 14.2. The molecule has 0 aliphatic rings. The summed E-state index contributed by atoms with van der Waals surface area (Å²) in [5.74, 6) is -6.26. The van der Waals surface area contributed by atoms with Crippen LogP contribution in [0, 0.1) is 30.2 Å². The van der Waals surface area contributed by atoms with Crippen LogP contribution in [0.3, 0.4) is 0 Å². The zero-order valence-electron chi connectivity index (χ0n) is 9.92. The summed E-state index contributed by atoms with van der Waals surface area (Å²) in [7, 11) is 0. The Kier molecular flexibility index (Phi) is 3.57. The molecule has 2 rings (SSSR count). The molecule has 0 heterocycles. The Bertz CT molecular complexity index is 599. The monoisotopic (exact) mass is 270 g/mol. The van der Waals surface area contributed by atoms with Crippen molar-refractivity contribution in [2.24, 2.45) is 0 Å². The number of hydrogen-bond acceptors (Lipinski definition) is 1. The zero-order valence-corrected chi connectivity index (χ0v) is 9.92. The fourth-order valence-corrected chi connectivity index (χ4v) is 1.88. The van der Waals surface area contributed by atoms with Crippen molar-refractivity contribution in [1.82, 2.24) is 0 Å². The summed E-state index contributed by atoms with van der Waals surface area (Å²) < 4.78 is 53.3. The second-order valence-electron chi connectivity index (χ2n) is 4.14. The quantitative estimate of drug-likeness (QED) is 0.652. The molecule has 0 saturated carbocycles. The third-order valence-corrected chi connectivity index (χ3v) is 2.90. The van der Waals surface area contributed by atoms with Gasteiger partial charge in [0.1, 0.15) is 6.10 Å². The van der Waals surface area contributed by atoms with Crippen LogP contribution >= 0.6 is 0 Å². The number of hydrogen-bond donors (Lipinski definition) is 1. The summed E-state index contributed by atoms with van der Waals surface area (Å²) in [4.78, 5) is 0. The first-order chi connectivity index (χ1) is 8.93. The maximum Gasteiger partial charge on any atom is 0.168 e. The second-order valence-corrected chi connectivity index (χ2v) is 4.14. The van der Waals surface area contributed by atoms with Crippen LogP contribution in [0.4, 0.5) is 17.6 Å². The van der Waals surface area contributed by atoms with Crippen molar-refractivity contribution in [3.05, 3.63) is 70.3 Å². The minimum atomic E-state index is -1.77. The molecule has 0 fully saturated rings. The van der Waals surface area contributed by atoms with E-state index in [2.05, 4.69) is 0 Å². The van der Waals surface area contributed by atoms with Gasteiger partial charge in [-0.2, -0.15) is 0 Å². The minimum absolute atomic E-state index is 0.110. The Morgan fingerprint density at radius 3 is 2.00 bits per heavy atom. The van der Waals surface area contributed by atoms with Gasteiger partial charge in [0.15, 0.2) is 23.3 Å². The molecular formula is C14H10F4O. The van der Waals surface area contributed by atoms with Crippen molar-refractivity contribution in [1.29, 1.82) is 0 Å². The average Bonchev–Trinajstić information content (AvgIpc) is 2.37. The van der Waals surface area contributed by atoms with Crippen LogP contribution in [0.2, 0.25) is 0 Å². The molecule has 1 unspecified atom stereocenters. The first-order valence-corrected chi connectivity index (χ1v) is 5.50. The molecule has 1 nitrogen and oxygen atoms in total. The van der Waals surface area contributed by atoms with E-state index in [0.29, 0.717) is 5.56 Å². The maximum absolute atomic E-state index is 13.6. The fraction of sp³-hybridized carbons (Fsp3) is 0.143. The summed E-state index contributed by atoms with van der Waals surface area (Å²) in [6, 6.07) is 6.38. The predicted octanol–water partition coefficient (Wildman–Crippen LogP) is 3.63. The number of halogens is 4.